The molecule has 0 bridgehead atoms. The minimum Gasteiger partial charge on any atom is -0.386 e. The fraction of sp³-hybridized carbons (Fsp3) is 0.600. The molecule has 1 fully saturated rings. The quantitative estimate of drug-likeness (QED) is 0.486. The standard InChI is InChI=1S/C10H18N6O2S/c1-8(10(11)12)15-4-6-16(7-5-15)19(17,18)9-2-3-13-14-9/h2-3,8H,4-7H2,1H3,(H3,11,12)(H,13,14). The van der Waals surface area contributed by atoms with Gasteiger partial charge in [-0.05, 0) is 13.0 Å². The summed E-state index contributed by atoms with van der Waals surface area (Å²) in [6.07, 6.45) is 1.42. The summed E-state index contributed by atoms with van der Waals surface area (Å²) in [4.78, 5) is 2.00. The molecule has 0 amide bonds. The first-order chi connectivity index (χ1) is 8.93. The summed E-state index contributed by atoms with van der Waals surface area (Å²) in [5.74, 6) is 0.102. The third kappa shape index (κ3) is 2.77. The van der Waals surface area contributed by atoms with Gasteiger partial charge in [-0.25, -0.2) is 8.42 Å². The molecular formula is C10H18N6O2S. The molecule has 1 atom stereocenters. The van der Waals surface area contributed by atoms with Gasteiger partial charge < -0.3 is 5.73 Å². The van der Waals surface area contributed by atoms with Crippen LogP contribution in [0.2, 0.25) is 0 Å². The van der Waals surface area contributed by atoms with Crippen LogP contribution in [-0.4, -0.2) is 65.9 Å². The summed E-state index contributed by atoms with van der Waals surface area (Å²) in [6.45, 7) is 3.75. The molecule has 9 heteroatoms. The van der Waals surface area contributed by atoms with Gasteiger partial charge in [0.2, 0.25) is 0 Å². The van der Waals surface area contributed by atoms with E-state index in [2.05, 4.69) is 10.2 Å². The van der Waals surface area contributed by atoms with Crippen LogP contribution in [0.1, 0.15) is 6.92 Å². The molecule has 2 rings (SSSR count). The van der Waals surface area contributed by atoms with E-state index in [1.54, 1.807) is 0 Å². The maximum absolute atomic E-state index is 12.2. The number of aromatic amines is 1. The first-order valence-electron chi connectivity index (χ1n) is 6.00. The molecule has 1 aliphatic heterocycles. The lowest BCUT2D eigenvalue weighted by atomic mass is 10.2. The predicted octanol–water partition coefficient (Wildman–Crippen LogP) is -0.960. The van der Waals surface area contributed by atoms with E-state index in [0.717, 1.165) is 0 Å². The number of H-pyrrole nitrogens is 1. The molecule has 106 valence electrons. The number of piperazine rings is 1. The Morgan fingerprint density at radius 3 is 2.58 bits per heavy atom. The normalized spacial score (nSPS) is 20.3. The van der Waals surface area contributed by atoms with E-state index in [4.69, 9.17) is 11.1 Å². The van der Waals surface area contributed by atoms with Crippen molar-refractivity contribution in [1.29, 1.82) is 5.41 Å². The molecule has 8 nitrogen and oxygen atoms in total. The van der Waals surface area contributed by atoms with Crippen LogP contribution in [0.15, 0.2) is 17.3 Å². The van der Waals surface area contributed by atoms with Crippen molar-refractivity contribution in [3.8, 4) is 0 Å². The monoisotopic (exact) mass is 286 g/mol. The van der Waals surface area contributed by atoms with Crippen molar-refractivity contribution in [2.24, 2.45) is 5.73 Å². The number of hydrogen-bond acceptors (Lipinski definition) is 5. The van der Waals surface area contributed by atoms with Crippen molar-refractivity contribution in [3.05, 3.63) is 12.3 Å². The van der Waals surface area contributed by atoms with Crippen molar-refractivity contribution in [1.82, 2.24) is 19.4 Å². The third-order valence-corrected chi connectivity index (χ3v) is 5.19. The van der Waals surface area contributed by atoms with Crippen molar-refractivity contribution in [3.63, 3.8) is 0 Å². The van der Waals surface area contributed by atoms with E-state index in [1.807, 2.05) is 11.8 Å². The number of nitrogens with one attached hydrogen (secondary N) is 2. The molecule has 2 heterocycles. The van der Waals surface area contributed by atoms with Crippen LogP contribution in [0, 0.1) is 5.41 Å². The Kier molecular flexibility index (Phi) is 3.88. The Labute approximate surface area is 112 Å². The number of nitrogens with zero attached hydrogens (tertiary/aromatic N) is 3. The lowest BCUT2D eigenvalue weighted by molar-refractivity contribution is 0.173. The highest BCUT2D eigenvalue weighted by molar-refractivity contribution is 7.89. The Morgan fingerprint density at radius 1 is 1.47 bits per heavy atom. The Bertz CT molecular complexity index is 532. The van der Waals surface area contributed by atoms with Crippen LogP contribution < -0.4 is 5.73 Å². The average molecular weight is 286 g/mol. The van der Waals surface area contributed by atoms with Gasteiger partial charge in [0.05, 0.1) is 12.2 Å². The predicted molar refractivity (Wildman–Crippen MR) is 70.3 cm³/mol. The molecule has 1 aliphatic rings. The first-order valence-corrected chi connectivity index (χ1v) is 7.44. The van der Waals surface area contributed by atoms with E-state index in [-0.39, 0.29) is 16.9 Å². The zero-order valence-corrected chi connectivity index (χ0v) is 11.5. The van der Waals surface area contributed by atoms with E-state index in [0.29, 0.717) is 26.2 Å². The van der Waals surface area contributed by atoms with Gasteiger partial charge in [0.25, 0.3) is 10.0 Å². The second-order valence-corrected chi connectivity index (χ2v) is 6.40. The second kappa shape index (κ2) is 5.27. The molecule has 1 unspecified atom stereocenters. The minimum absolute atomic E-state index is 0.102. The topological polar surface area (TPSA) is 119 Å². The fourth-order valence-corrected chi connectivity index (χ4v) is 3.38. The summed E-state index contributed by atoms with van der Waals surface area (Å²) >= 11 is 0. The van der Waals surface area contributed by atoms with E-state index < -0.39 is 10.0 Å². The Hall–Kier alpha value is -1.45. The maximum Gasteiger partial charge on any atom is 0.260 e. The highest BCUT2D eigenvalue weighted by Crippen LogP contribution is 2.15. The van der Waals surface area contributed by atoms with Crippen LogP contribution in [0.5, 0.6) is 0 Å². The Morgan fingerprint density at radius 2 is 2.11 bits per heavy atom. The van der Waals surface area contributed by atoms with Crippen LogP contribution in [-0.2, 0) is 10.0 Å². The van der Waals surface area contributed by atoms with Crippen LogP contribution in [0.25, 0.3) is 0 Å². The molecule has 0 saturated carbocycles. The molecular weight excluding hydrogens is 268 g/mol. The molecule has 1 aromatic heterocycles. The number of rotatable bonds is 4. The van der Waals surface area contributed by atoms with Gasteiger partial charge in [0, 0.05) is 26.2 Å². The summed E-state index contributed by atoms with van der Waals surface area (Å²) in [5, 5.41) is 13.7. The van der Waals surface area contributed by atoms with Gasteiger partial charge in [-0.3, -0.25) is 15.4 Å². The fourth-order valence-electron chi connectivity index (χ4n) is 2.05. The van der Waals surface area contributed by atoms with Gasteiger partial charge in [-0.2, -0.15) is 9.40 Å². The zero-order chi connectivity index (χ0) is 14.0. The molecule has 4 N–H and O–H groups in total. The minimum atomic E-state index is -3.48. The Balaban J connectivity index is 2.03. The van der Waals surface area contributed by atoms with Crippen LogP contribution in [0.3, 0.4) is 0 Å². The van der Waals surface area contributed by atoms with Crippen molar-refractivity contribution in [2.75, 3.05) is 26.2 Å². The molecule has 19 heavy (non-hydrogen) atoms. The third-order valence-electron chi connectivity index (χ3n) is 3.36. The second-order valence-electron chi connectivity index (χ2n) is 4.49. The summed E-state index contributed by atoms with van der Waals surface area (Å²) < 4.78 is 25.9. The molecule has 1 saturated heterocycles. The number of hydrogen-bond donors (Lipinski definition) is 3. The zero-order valence-electron chi connectivity index (χ0n) is 10.7. The molecule has 0 aromatic carbocycles. The largest absolute Gasteiger partial charge is 0.386 e. The maximum atomic E-state index is 12.2. The lowest BCUT2D eigenvalue weighted by Crippen LogP contribution is -2.54. The summed E-state index contributed by atoms with van der Waals surface area (Å²) in [6, 6.07) is 1.29. The molecule has 0 spiro atoms. The van der Waals surface area contributed by atoms with Crippen LogP contribution >= 0.6 is 0 Å². The summed E-state index contributed by atoms with van der Waals surface area (Å²) in [5.41, 5.74) is 5.46. The molecule has 0 radical (unpaired) electrons. The average Bonchev–Trinajstić information content (AvgIpc) is 2.92. The number of sulfonamides is 1. The van der Waals surface area contributed by atoms with E-state index in [1.165, 1.54) is 16.6 Å². The highest BCUT2D eigenvalue weighted by Gasteiger charge is 2.31. The number of amidine groups is 1. The van der Waals surface area contributed by atoms with Crippen molar-refractivity contribution in [2.45, 2.75) is 18.0 Å². The summed E-state index contributed by atoms with van der Waals surface area (Å²) in [7, 11) is -3.48. The highest BCUT2D eigenvalue weighted by atomic mass is 32.2. The van der Waals surface area contributed by atoms with E-state index >= 15 is 0 Å². The van der Waals surface area contributed by atoms with Gasteiger partial charge >= 0.3 is 0 Å². The van der Waals surface area contributed by atoms with Crippen molar-refractivity contribution >= 4 is 15.9 Å². The van der Waals surface area contributed by atoms with Crippen LogP contribution in [0.4, 0.5) is 0 Å². The number of aromatic nitrogens is 2. The first kappa shape index (κ1) is 14.0. The van der Waals surface area contributed by atoms with Gasteiger partial charge in [0.15, 0.2) is 5.03 Å². The smallest absolute Gasteiger partial charge is 0.260 e. The lowest BCUT2D eigenvalue weighted by Gasteiger charge is -2.36. The van der Waals surface area contributed by atoms with E-state index in [9.17, 15) is 8.42 Å². The SMILES string of the molecule is CC(C(=N)N)N1CCN(S(=O)(=O)c2ccn[nH]2)CC1. The van der Waals surface area contributed by atoms with Crippen molar-refractivity contribution < 1.29 is 8.42 Å². The van der Waals surface area contributed by atoms with Gasteiger partial charge in [0.1, 0.15) is 5.84 Å². The molecule has 1 aromatic rings. The van der Waals surface area contributed by atoms with Gasteiger partial charge in [-0.1, -0.05) is 0 Å². The number of nitrogens with two attached hydrogens (primary N) is 1. The molecule has 0 aliphatic carbocycles. The van der Waals surface area contributed by atoms with Gasteiger partial charge in [-0.15, -0.1) is 0 Å².